The summed E-state index contributed by atoms with van der Waals surface area (Å²) in [7, 11) is 0. The van der Waals surface area contributed by atoms with Crippen molar-refractivity contribution < 1.29 is 14.3 Å². The molecule has 0 aromatic rings. The Morgan fingerprint density at radius 3 is 1.52 bits per heavy atom. The molecule has 4 heteroatoms. The summed E-state index contributed by atoms with van der Waals surface area (Å²) in [5, 5.41) is 0. The normalized spacial score (nSPS) is 14.0. The molecule has 2 amide bonds. The third kappa shape index (κ3) is 14.5. The second kappa shape index (κ2) is 18.9. The van der Waals surface area contributed by atoms with Gasteiger partial charge in [0, 0.05) is 13.0 Å². The van der Waals surface area contributed by atoms with E-state index < -0.39 is 6.09 Å². The van der Waals surface area contributed by atoms with Crippen LogP contribution in [0.25, 0.3) is 0 Å². The number of imide groups is 1. The van der Waals surface area contributed by atoms with Crippen molar-refractivity contribution >= 4 is 12.0 Å². The standard InChI is InChI=1S/C25H47NO3/c1-2-3-4-5-6-7-8-9-10-11-12-13-14-15-16-17-18-19-23-29-25(28)26-22-20-21-24(26)27/h2-23H2,1H3. The van der Waals surface area contributed by atoms with Gasteiger partial charge in [0.1, 0.15) is 0 Å². The lowest BCUT2D eigenvalue weighted by molar-refractivity contribution is -0.126. The van der Waals surface area contributed by atoms with Gasteiger partial charge in [-0.3, -0.25) is 4.79 Å². The molecular weight excluding hydrogens is 362 g/mol. The Morgan fingerprint density at radius 2 is 1.14 bits per heavy atom. The Kier molecular flexibility index (Phi) is 17.0. The second-order valence-corrected chi connectivity index (χ2v) is 8.77. The van der Waals surface area contributed by atoms with E-state index in [0.717, 1.165) is 19.3 Å². The minimum Gasteiger partial charge on any atom is -0.449 e. The number of hydrogen-bond acceptors (Lipinski definition) is 3. The van der Waals surface area contributed by atoms with Gasteiger partial charge in [-0.2, -0.15) is 0 Å². The molecule has 29 heavy (non-hydrogen) atoms. The van der Waals surface area contributed by atoms with Crippen molar-refractivity contribution in [2.75, 3.05) is 13.2 Å². The van der Waals surface area contributed by atoms with Crippen LogP contribution in [0.5, 0.6) is 0 Å². The highest BCUT2D eigenvalue weighted by Crippen LogP contribution is 2.15. The molecule has 0 aromatic carbocycles. The van der Waals surface area contributed by atoms with Crippen LogP contribution in [-0.2, 0) is 9.53 Å². The summed E-state index contributed by atoms with van der Waals surface area (Å²) < 4.78 is 5.19. The highest BCUT2D eigenvalue weighted by Gasteiger charge is 2.27. The predicted octanol–water partition coefficient (Wildman–Crippen LogP) is 7.79. The summed E-state index contributed by atoms with van der Waals surface area (Å²) in [6.45, 7) is 3.25. The number of nitrogens with zero attached hydrogens (tertiary/aromatic N) is 1. The zero-order chi connectivity index (χ0) is 21.0. The van der Waals surface area contributed by atoms with Crippen LogP contribution in [0.15, 0.2) is 0 Å². The Hall–Kier alpha value is -1.06. The maximum absolute atomic E-state index is 11.7. The monoisotopic (exact) mass is 409 g/mol. The maximum atomic E-state index is 11.7. The van der Waals surface area contributed by atoms with Crippen LogP contribution in [0.3, 0.4) is 0 Å². The van der Waals surface area contributed by atoms with Crippen LogP contribution in [0.4, 0.5) is 4.79 Å². The van der Waals surface area contributed by atoms with E-state index in [4.69, 9.17) is 4.74 Å². The third-order valence-electron chi connectivity index (χ3n) is 6.02. The van der Waals surface area contributed by atoms with Gasteiger partial charge in [-0.05, 0) is 12.8 Å². The van der Waals surface area contributed by atoms with Crippen molar-refractivity contribution in [3.05, 3.63) is 0 Å². The van der Waals surface area contributed by atoms with E-state index in [0.29, 0.717) is 19.6 Å². The minimum absolute atomic E-state index is 0.0900. The lowest BCUT2D eigenvalue weighted by Gasteiger charge is -2.13. The number of carbonyl (C=O) groups is 2. The van der Waals surface area contributed by atoms with Crippen LogP contribution >= 0.6 is 0 Å². The Bertz CT molecular complexity index is 411. The van der Waals surface area contributed by atoms with Gasteiger partial charge in [0.2, 0.25) is 5.91 Å². The van der Waals surface area contributed by atoms with Crippen molar-refractivity contribution in [1.29, 1.82) is 0 Å². The number of rotatable bonds is 19. The van der Waals surface area contributed by atoms with Crippen LogP contribution in [0, 0.1) is 0 Å². The van der Waals surface area contributed by atoms with Gasteiger partial charge in [-0.15, -0.1) is 0 Å². The average molecular weight is 410 g/mol. The van der Waals surface area contributed by atoms with E-state index in [-0.39, 0.29) is 5.91 Å². The number of ether oxygens (including phenoxy) is 1. The first-order valence-electron chi connectivity index (χ1n) is 12.7. The van der Waals surface area contributed by atoms with Crippen molar-refractivity contribution in [1.82, 2.24) is 4.90 Å². The third-order valence-corrected chi connectivity index (χ3v) is 6.02. The molecule has 1 aliphatic rings. The smallest absolute Gasteiger partial charge is 0.416 e. The highest BCUT2D eigenvalue weighted by atomic mass is 16.6. The molecule has 170 valence electrons. The fraction of sp³-hybridized carbons (Fsp3) is 0.920. The largest absolute Gasteiger partial charge is 0.449 e. The molecule has 0 radical (unpaired) electrons. The summed E-state index contributed by atoms with van der Waals surface area (Å²) in [6, 6.07) is 0. The van der Waals surface area contributed by atoms with Gasteiger partial charge in [-0.1, -0.05) is 116 Å². The molecule has 1 heterocycles. The summed E-state index contributed by atoms with van der Waals surface area (Å²) in [5.74, 6) is -0.0900. The van der Waals surface area contributed by atoms with E-state index in [1.54, 1.807) is 0 Å². The molecule has 1 saturated heterocycles. The van der Waals surface area contributed by atoms with Gasteiger partial charge in [0.05, 0.1) is 6.61 Å². The Balaban J connectivity index is 1.71. The van der Waals surface area contributed by atoms with E-state index in [1.165, 1.54) is 108 Å². The van der Waals surface area contributed by atoms with Gasteiger partial charge in [0.25, 0.3) is 0 Å². The second-order valence-electron chi connectivity index (χ2n) is 8.77. The highest BCUT2D eigenvalue weighted by molar-refractivity contribution is 5.93. The molecule has 0 saturated carbocycles. The average Bonchev–Trinajstić information content (AvgIpc) is 3.15. The number of carbonyl (C=O) groups excluding carboxylic acids is 2. The van der Waals surface area contributed by atoms with Crippen LogP contribution in [0.2, 0.25) is 0 Å². The van der Waals surface area contributed by atoms with Gasteiger partial charge < -0.3 is 4.74 Å². The first-order chi connectivity index (χ1) is 14.3. The Morgan fingerprint density at radius 1 is 0.724 bits per heavy atom. The summed E-state index contributed by atoms with van der Waals surface area (Å²) in [5.41, 5.74) is 0. The molecule has 0 aliphatic carbocycles. The summed E-state index contributed by atoms with van der Waals surface area (Å²) >= 11 is 0. The number of hydrogen-bond donors (Lipinski definition) is 0. The van der Waals surface area contributed by atoms with E-state index in [2.05, 4.69) is 6.92 Å². The summed E-state index contributed by atoms with van der Waals surface area (Å²) in [4.78, 5) is 24.4. The molecular formula is C25H47NO3. The quantitative estimate of drug-likeness (QED) is 0.205. The van der Waals surface area contributed by atoms with Gasteiger partial charge in [-0.25, -0.2) is 9.69 Å². The predicted molar refractivity (Wildman–Crippen MR) is 121 cm³/mol. The van der Waals surface area contributed by atoms with Crippen molar-refractivity contribution in [2.24, 2.45) is 0 Å². The zero-order valence-corrected chi connectivity index (χ0v) is 19.2. The fourth-order valence-corrected chi connectivity index (χ4v) is 4.08. The van der Waals surface area contributed by atoms with Crippen molar-refractivity contribution in [3.63, 3.8) is 0 Å². The first kappa shape index (κ1) is 26.0. The molecule has 0 N–H and O–H groups in total. The topological polar surface area (TPSA) is 46.6 Å². The van der Waals surface area contributed by atoms with Gasteiger partial charge in [0.15, 0.2) is 0 Å². The van der Waals surface area contributed by atoms with E-state index in [1.807, 2.05) is 0 Å². The van der Waals surface area contributed by atoms with Crippen molar-refractivity contribution in [3.8, 4) is 0 Å². The minimum atomic E-state index is -0.445. The lowest BCUT2D eigenvalue weighted by atomic mass is 10.0. The number of amides is 2. The zero-order valence-electron chi connectivity index (χ0n) is 19.2. The molecule has 0 atom stereocenters. The van der Waals surface area contributed by atoms with Crippen LogP contribution < -0.4 is 0 Å². The van der Waals surface area contributed by atoms with Gasteiger partial charge >= 0.3 is 6.09 Å². The molecule has 0 spiro atoms. The fourth-order valence-electron chi connectivity index (χ4n) is 4.08. The first-order valence-corrected chi connectivity index (χ1v) is 12.7. The van der Waals surface area contributed by atoms with Crippen LogP contribution in [0.1, 0.15) is 135 Å². The van der Waals surface area contributed by atoms with Crippen LogP contribution in [-0.4, -0.2) is 30.1 Å². The molecule has 1 rings (SSSR count). The molecule has 0 bridgehead atoms. The number of unbranched alkanes of at least 4 members (excludes halogenated alkanes) is 17. The SMILES string of the molecule is CCCCCCCCCCCCCCCCCCCCOC(=O)N1CCCC1=O. The lowest BCUT2D eigenvalue weighted by Crippen LogP contribution is -2.32. The van der Waals surface area contributed by atoms with E-state index >= 15 is 0 Å². The maximum Gasteiger partial charge on any atom is 0.416 e. The number of likely N-dealkylation sites (tertiary alicyclic amines) is 1. The molecule has 1 aliphatic heterocycles. The molecule has 1 fully saturated rings. The Labute approximate surface area is 180 Å². The summed E-state index contributed by atoms with van der Waals surface area (Å²) in [6.07, 6.45) is 25.1. The molecule has 0 unspecified atom stereocenters. The van der Waals surface area contributed by atoms with E-state index in [9.17, 15) is 9.59 Å². The van der Waals surface area contributed by atoms with Crippen molar-refractivity contribution in [2.45, 2.75) is 135 Å². The molecule has 0 aromatic heterocycles. The molecule has 4 nitrogen and oxygen atoms in total.